The number of nitrogens with zero attached hydrogens (tertiary/aromatic N) is 2. The van der Waals surface area contributed by atoms with Crippen LogP contribution in [0.3, 0.4) is 0 Å². The maximum absolute atomic E-state index is 12.5. The van der Waals surface area contributed by atoms with Gasteiger partial charge in [-0.3, -0.25) is 4.79 Å². The molecule has 2 aromatic carbocycles. The van der Waals surface area contributed by atoms with Crippen molar-refractivity contribution in [3.05, 3.63) is 75.1 Å². The fourth-order valence-electron chi connectivity index (χ4n) is 3.65. The van der Waals surface area contributed by atoms with Gasteiger partial charge in [0, 0.05) is 17.1 Å². The topological polar surface area (TPSA) is 92.1 Å². The highest BCUT2D eigenvalue weighted by Crippen LogP contribution is 2.35. The van der Waals surface area contributed by atoms with Gasteiger partial charge < -0.3 is 10.1 Å². The van der Waals surface area contributed by atoms with Gasteiger partial charge in [0.1, 0.15) is 21.7 Å². The van der Waals surface area contributed by atoms with Crippen molar-refractivity contribution in [2.75, 3.05) is 11.9 Å². The fourth-order valence-corrected chi connectivity index (χ4v) is 5.49. The quantitative estimate of drug-likeness (QED) is 0.177. The average molecular weight is 488 g/mol. The molecule has 0 bridgehead atoms. The molecule has 0 atom stereocenters. The standard InChI is InChI=1S/C26H21N3O3S2/c1-4-32-26(31)22-15(2)23(16(3)30)34-25(22)28-13-18(12-27)24-29-21(14-33-24)20-11-7-9-17-8-5-6-10-19(17)20/h5-11,13-14,28H,4H2,1-3H3. The van der Waals surface area contributed by atoms with E-state index in [-0.39, 0.29) is 12.4 Å². The summed E-state index contributed by atoms with van der Waals surface area (Å²) in [6, 6.07) is 16.3. The molecule has 4 rings (SSSR count). The second-order valence-corrected chi connectivity index (χ2v) is 9.29. The van der Waals surface area contributed by atoms with Gasteiger partial charge in [-0.1, -0.05) is 42.5 Å². The van der Waals surface area contributed by atoms with Gasteiger partial charge in [-0.25, -0.2) is 9.78 Å². The number of ether oxygens (including phenoxy) is 1. The van der Waals surface area contributed by atoms with Gasteiger partial charge in [-0.05, 0) is 37.1 Å². The number of nitriles is 1. The number of benzene rings is 2. The molecule has 6 nitrogen and oxygen atoms in total. The SMILES string of the molecule is CCOC(=O)c1c(NC=C(C#N)c2nc(-c3cccc4ccccc34)cs2)sc(C(C)=O)c1C. The second kappa shape index (κ2) is 10.00. The monoisotopic (exact) mass is 487 g/mol. The lowest BCUT2D eigenvalue weighted by molar-refractivity contribution is 0.0527. The van der Waals surface area contributed by atoms with Crippen molar-refractivity contribution in [3.63, 3.8) is 0 Å². The van der Waals surface area contributed by atoms with Crippen LogP contribution >= 0.6 is 22.7 Å². The number of thiophene rings is 1. The zero-order valence-corrected chi connectivity index (χ0v) is 20.5. The highest BCUT2D eigenvalue weighted by Gasteiger charge is 2.24. The number of hydrogen-bond donors (Lipinski definition) is 1. The first-order chi connectivity index (χ1) is 16.4. The largest absolute Gasteiger partial charge is 0.462 e. The molecule has 0 aliphatic carbocycles. The highest BCUT2D eigenvalue weighted by atomic mass is 32.1. The van der Waals surface area contributed by atoms with Gasteiger partial charge in [0.25, 0.3) is 0 Å². The molecule has 0 saturated carbocycles. The van der Waals surface area contributed by atoms with E-state index in [9.17, 15) is 14.9 Å². The average Bonchev–Trinajstić information content (AvgIpc) is 3.44. The van der Waals surface area contributed by atoms with Crippen molar-refractivity contribution in [1.82, 2.24) is 4.98 Å². The summed E-state index contributed by atoms with van der Waals surface area (Å²) < 4.78 is 5.17. The smallest absolute Gasteiger partial charge is 0.341 e. The van der Waals surface area contributed by atoms with Crippen LogP contribution in [0.15, 0.2) is 54.0 Å². The molecule has 8 heteroatoms. The first kappa shape index (κ1) is 23.4. The molecule has 0 fully saturated rings. The molecule has 0 radical (unpaired) electrons. The highest BCUT2D eigenvalue weighted by molar-refractivity contribution is 7.18. The molecular formula is C26H21N3O3S2. The van der Waals surface area contributed by atoms with Crippen LogP contribution in [0.1, 0.15) is 44.4 Å². The minimum Gasteiger partial charge on any atom is -0.462 e. The third-order valence-electron chi connectivity index (χ3n) is 5.21. The second-order valence-electron chi connectivity index (χ2n) is 7.42. The molecule has 1 N–H and O–H groups in total. The van der Waals surface area contributed by atoms with E-state index in [1.54, 1.807) is 13.8 Å². The van der Waals surface area contributed by atoms with Crippen LogP contribution in [-0.2, 0) is 4.74 Å². The zero-order chi connectivity index (χ0) is 24.2. The number of hydrogen-bond acceptors (Lipinski definition) is 8. The van der Waals surface area contributed by atoms with Gasteiger partial charge in [0.05, 0.1) is 22.7 Å². The first-order valence-corrected chi connectivity index (χ1v) is 12.3. The fraction of sp³-hybridized carbons (Fsp3) is 0.154. The number of rotatable bonds is 7. The molecule has 0 aliphatic heterocycles. The number of Topliss-reactive ketones (excluding diaryl/α,β-unsaturated/α-hetero) is 1. The van der Waals surface area contributed by atoms with Gasteiger partial charge in [-0.2, -0.15) is 5.26 Å². The Hall–Kier alpha value is -3.80. The number of ketones is 1. The summed E-state index contributed by atoms with van der Waals surface area (Å²) in [5.74, 6) is -0.643. The van der Waals surface area contributed by atoms with E-state index >= 15 is 0 Å². The van der Waals surface area contributed by atoms with Crippen LogP contribution in [0, 0.1) is 18.3 Å². The van der Waals surface area contributed by atoms with E-state index in [2.05, 4.69) is 29.6 Å². The van der Waals surface area contributed by atoms with Crippen LogP contribution in [-0.4, -0.2) is 23.3 Å². The first-order valence-electron chi connectivity index (χ1n) is 10.6. The molecule has 0 aliphatic rings. The van der Waals surface area contributed by atoms with Crippen molar-refractivity contribution in [2.45, 2.75) is 20.8 Å². The van der Waals surface area contributed by atoms with Crippen molar-refractivity contribution in [3.8, 4) is 17.3 Å². The van der Waals surface area contributed by atoms with Gasteiger partial charge in [-0.15, -0.1) is 22.7 Å². The van der Waals surface area contributed by atoms with Crippen LogP contribution in [0.2, 0.25) is 0 Å². The normalized spacial score (nSPS) is 11.3. The number of esters is 1. The lowest BCUT2D eigenvalue weighted by atomic mass is 10.0. The number of fused-ring (bicyclic) bond motifs is 1. The van der Waals surface area contributed by atoms with Crippen LogP contribution in [0.4, 0.5) is 5.00 Å². The molecule has 0 spiro atoms. The molecule has 0 saturated heterocycles. The maximum Gasteiger partial charge on any atom is 0.341 e. The maximum atomic E-state index is 12.5. The van der Waals surface area contributed by atoms with E-state index in [0.29, 0.717) is 31.6 Å². The summed E-state index contributed by atoms with van der Waals surface area (Å²) in [6.07, 6.45) is 1.52. The van der Waals surface area contributed by atoms with E-state index in [4.69, 9.17) is 9.72 Å². The minimum absolute atomic E-state index is 0.134. The summed E-state index contributed by atoms with van der Waals surface area (Å²) in [7, 11) is 0. The Morgan fingerprint density at radius 1 is 1.21 bits per heavy atom. The molecule has 2 aromatic heterocycles. The number of carbonyl (C=O) groups is 2. The third-order valence-corrected chi connectivity index (χ3v) is 7.41. The molecule has 0 amide bonds. The number of thiazole rings is 1. The number of aromatic nitrogens is 1. The predicted octanol–water partition coefficient (Wildman–Crippen LogP) is 6.69. The summed E-state index contributed by atoms with van der Waals surface area (Å²) in [4.78, 5) is 29.7. The Morgan fingerprint density at radius 2 is 1.97 bits per heavy atom. The number of anilines is 1. The Balaban J connectivity index is 1.68. The molecule has 170 valence electrons. The van der Waals surface area contributed by atoms with Crippen molar-refractivity contribution in [1.29, 1.82) is 5.26 Å². The number of nitrogens with one attached hydrogen (secondary N) is 1. The van der Waals surface area contributed by atoms with Crippen molar-refractivity contribution >= 4 is 55.8 Å². The van der Waals surface area contributed by atoms with Crippen molar-refractivity contribution in [2.24, 2.45) is 0 Å². The van der Waals surface area contributed by atoms with E-state index < -0.39 is 5.97 Å². The van der Waals surface area contributed by atoms with Crippen LogP contribution in [0.25, 0.3) is 27.6 Å². The Kier molecular flexibility index (Phi) is 6.87. The summed E-state index contributed by atoms with van der Waals surface area (Å²) >= 11 is 2.54. The minimum atomic E-state index is -0.509. The summed E-state index contributed by atoms with van der Waals surface area (Å²) in [5, 5.41) is 18.0. The third kappa shape index (κ3) is 4.49. The predicted molar refractivity (Wildman–Crippen MR) is 137 cm³/mol. The zero-order valence-electron chi connectivity index (χ0n) is 18.8. The molecule has 34 heavy (non-hydrogen) atoms. The van der Waals surface area contributed by atoms with E-state index in [1.807, 2.05) is 29.6 Å². The Bertz CT molecular complexity index is 1470. The lowest BCUT2D eigenvalue weighted by Gasteiger charge is -2.05. The number of carbonyl (C=O) groups excluding carboxylic acids is 2. The Labute approximate surface area is 205 Å². The van der Waals surface area contributed by atoms with Crippen LogP contribution in [0.5, 0.6) is 0 Å². The molecule has 0 unspecified atom stereocenters. The van der Waals surface area contributed by atoms with Crippen molar-refractivity contribution < 1.29 is 14.3 Å². The van der Waals surface area contributed by atoms with Gasteiger partial charge in [0.2, 0.25) is 0 Å². The van der Waals surface area contributed by atoms with E-state index in [1.165, 1.54) is 35.8 Å². The van der Waals surface area contributed by atoms with Gasteiger partial charge >= 0.3 is 5.97 Å². The lowest BCUT2D eigenvalue weighted by Crippen LogP contribution is -2.08. The molecule has 4 aromatic rings. The summed E-state index contributed by atoms with van der Waals surface area (Å²) in [5.41, 5.74) is 2.98. The number of allylic oxidation sites excluding steroid dienone is 1. The van der Waals surface area contributed by atoms with E-state index in [0.717, 1.165) is 22.0 Å². The van der Waals surface area contributed by atoms with Gasteiger partial charge in [0.15, 0.2) is 5.78 Å². The Morgan fingerprint density at radius 3 is 2.71 bits per heavy atom. The molecular weight excluding hydrogens is 466 g/mol. The van der Waals surface area contributed by atoms with Crippen LogP contribution < -0.4 is 5.32 Å². The summed E-state index contributed by atoms with van der Waals surface area (Å²) in [6.45, 7) is 5.12. The molecule has 2 heterocycles.